The van der Waals surface area contributed by atoms with Gasteiger partial charge in [0.15, 0.2) is 10.8 Å². The first-order chi connectivity index (χ1) is 14.2. The fourth-order valence-electron chi connectivity index (χ4n) is 3.01. The van der Waals surface area contributed by atoms with Crippen LogP contribution >= 0.6 is 11.3 Å². The summed E-state index contributed by atoms with van der Waals surface area (Å²) in [5.41, 5.74) is 0.970. The zero-order chi connectivity index (χ0) is 19.8. The number of aromatic nitrogens is 3. The van der Waals surface area contributed by atoms with Crippen molar-refractivity contribution < 1.29 is 9.21 Å². The van der Waals surface area contributed by atoms with Crippen LogP contribution in [0.2, 0.25) is 0 Å². The molecule has 0 atom stereocenters. The first kappa shape index (κ1) is 17.3. The van der Waals surface area contributed by atoms with E-state index in [1.165, 1.54) is 10.6 Å². The summed E-state index contributed by atoms with van der Waals surface area (Å²) >= 11 is 1.54. The topological polar surface area (TPSA) is 89.5 Å². The van der Waals surface area contributed by atoms with Crippen LogP contribution in [-0.4, -0.2) is 20.3 Å². The molecule has 7 nitrogen and oxygen atoms in total. The van der Waals surface area contributed by atoms with Crippen LogP contribution in [0.5, 0.6) is 0 Å². The maximum Gasteiger partial charge on any atom is 0.270 e. The molecule has 0 fully saturated rings. The lowest BCUT2D eigenvalue weighted by molar-refractivity contribution is 0.0946. The van der Waals surface area contributed by atoms with Crippen molar-refractivity contribution in [3.8, 4) is 10.8 Å². The molecule has 0 saturated heterocycles. The number of rotatable bonds is 4. The summed E-state index contributed by atoms with van der Waals surface area (Å²) in [5, 5.41) is 3.49. The zero-order valence-electron chi connectivity index (χ0n) is 15.0. The number of fused-ring (bicyclic) bond motifs is 2. The Hall–Kier alpha value is -3.78. The van der Waals surface area contributed by atoms with Crippen LogP contribution in [0.25, 0.3) is 26.6 Å². The van der Waals surface area contributed by atoms with E-state index >= 15 is 0 Å². The number of carbonyl (C=O) groups excluding carboxylic acids is 1. The quantitative estimate of drug-likeness (QED) is 0.497. The molecule has 142 valence electrons. The Morgan fingerprint density at radius 3 is 2.86 bits per heavy atom. The van der Waals surface area contributed by atoms with E-state index < -0.39 is 11.5 Å². The van der Waals surface area contributed by atoms with Gasteiger partial charge in [0.25, 0.3) is 11.5 Å². The molecular weight excluding hydrogens is 388 g/mol. The third kappa shape index (κ3) is 3.19. The first-order valence-corrected chi connectivity index (χ1v) is 9.70. The zero-order valence-corrected chi connectivity index (χ0v) is 15.8. The fraction of sp³-hybridized carbons (Fsp3) is 0.0476. The number of hydrogen-bond acceptors (Lipinski definition) is 6. The number of carbonyl (C=O) groups is 1. The third-order valence-electron chi connectivity index (χ3n) is 4.45. The number of hydrogen-bond donors (Lipinski definition) is 1. The van der Waals surface area contributed by atoms with Crippen LogP contribution in [0.15, 0.2) is 76.2 Å². The van der Waals surface area contributed by atoms with Gasteiger partial charge in [0, 0.05) is 12.4 Å². The van der Waals surface area contributed by atoms with Crippen molar-refractivity contribution in [1.29, 1.82) is 0 Å². The highest BCUT2D eigenvalue weighted by atomic mass is 32.1. The maximum absolute atomic E-state index is 12.5. The fourth-order valence-corrected chi connectivity index (χ4v) is 3.94. The minimum absolute atomic E-state index is 0.0216. The van der Waals surface area contributed by atoms with Gasteiger partial charge in [-0.25, -0.2) is 9.97 Å². The normalized spacial score (nSPS) is 11.2. The van der Waals surface area contributed by atoms with E-state index in [0.29, 0.717) is 17.2 Å². The Morgan fingerprint density at radius 2 is 1.97 bits per heavy atom. The van der Waals surface area contributed by atoms with Crippen LogP contribution in [0.4, 0.5) is 0 Å². The minimum Gasteiger partial charge on any atom is -0.457 e. The van der Waals surface area contributed by atoms with Crippen LogP contribution in [0.3, 0.4) is 0 Å². The number of nitrogens with zero attached hydrogens (tertiary/aromatic N) is 3. The van der Waals surface area contributed by atoms with E-state index in [4.69, 9.17) is 4.42 Å². The molecule has 4 aromatic heterocycles. The van der Waals surface area contributed by atoms with E-state index in [1.807, 2.05) is 30.3 Å². The Bertz CT molecular complexity index is 1380. The largest absolute Gasteiger partial charge is 0.457 e. The molecule has 5 aromatic rings. The molecule has 29 heavy (non-hydrogen) atoms. The molecule has 5 rings (SSSR count). The second-order valence-electron chi connectivity index (χ2n) is 6.34. The van der Waals surface area contributed by atoms with Crippen LogP contribution in [0, 0.1) is 0 Å². The number of thiazole rings is 1. The smallest absolute Gasteiger partial charge is 0.270 e. The third-order valence-corrected chi connectivity index (χ3v) is 5.50. The van der Waals surface area contributed by atoms with Crippen molar-refractivity contribution in [3.63, 3.8) is 0 Å². The van der Waals surface area contributed by atoms with Crippen molar-refractivity contribution in [2.45, 2.75) is 6.54 Å². The van der Waals surface area contributed by atoms with Gasteiger partial charge in [-0.15, -0.1) is 11.3 Å². The molecule has 0 aliphatic heterocycles. The van der Waals surface area contributed by atoms with E-state index in [0.717, 1.165) is 15.2 Å². The van der Waals surface area contributed by atoms with Crippen molar-refractivity contribution in [3.05, 3.63) is 88.7 Å². The molecule has 0 bridgehead atoms. The summed E-state index contributed by atoms with van der Waals surface area (Å²) in [4.78, 5) is 33.7. The van der Waals surface area contributed by atoms with Gasteiger partial charge in [0.05, 0.1) is 16.8 Å². The summed E-state index contributed by atoms with van der Waals surface area (Å²) in [6.45, 7) is 0.153. The number of benzene rings is 1. The van der Waals surface area contributed by atoms with Gasteiger partial charge < -0.3 is 9.73 Å². The standard InChI is InChI=1S/C21H14N4O3S/c26-19(14-12-22-18-7-3-4-10-25(18)21(14)27)23-11-13-8-9-16(28-13)20-24-15-5-1-2-6-17(15)29-20/h1-10,12H,11H2,(H,23,26). The minimum atomic E-state index is -0.501. The van der Waals surface area contributed by atoms with Crippen molar-refractivity contribution >= 4 is 33.1 Å². The van der Waals surface area contributed by atoms with E-state index in [9.17, 15) is 9.59 Å². The lowest BCUT2D eigenvalue weighted by Gasteiger charge is -2.04. The molecule has 1 aromatic carbocycles. The van der Waals surface area contributed by atoms with Gasteiger partial charge in [-0.05, 0) is 36.4 Å². The molecular formula is C21H14N4O3S. The maximum atomic E-state index is 12.5. The summed E-state index contributed by atoms with van der Waals surface area (Å²) in [7, 11) is 0. The Morgan fingerprint density at radius 1 is 1.10 bits per heavy atom. The molecule has 1 N–H and O–H groups in total. The van der Waals surface area contributed by atoms with E-state index in [-0.39, 0.29) is 12.1 Å². The Labute approximate surface area is 168 Å². The van der Waals surface area contributed by atoms with Crippen LogP contribution in [-0.2, 0) is 6.54 Å². The first-order valence-electron chi connectivity index (χ1n) is 8.88. The molecule has 0 spiro atoms. The van der Waals surface area contributed by atoms with E-state index in [1.54, 1.807) is 41.8 Å². The van der Waals surface area contributed by atoms with Gasteiger partial charge in [-0.3, -0.25) is 14.0 Å². The molecule has 0 aliphatic rings. The van der Waals surface area contributed by atoms with Crippen molar-refractivity contribution in [2.75, 3.05) is 0 Å². The molecule has 8 heteroatoms. The number of nitrogens with one attached hydrogen (secondary N) is 1. The summed E-state index contributed by atoms with van der Waals surface area (Å²) < 4.78 is 8.24. The molecule has 0 radical (unpaired) electrons. The highest BCUT2D eigenvalue weighted by molar-refractivity contribution is 7.21. The van der Waals surface area contributed by atoms with Gasteiger partial charge in [-0.2, -0.15) is 0 Å². The van der Waals surface area contributed by atoms with Gasteiger partial charge in [0.2, 0.25) is 0 Å². The number of pyridine rings is 1. The lowest BCUT2D eigenvalue weighted by atomic mass is 10.3. The van der Waals surface area contributed by atoms with Crippen molar-refractivity contribution in [1.82, 2.24) is 19.7 Å². The molecule has 0 aliphatic carbocycles. The van der Waals surface area contributed by atoms with Crippen LogP contribution < -0.4 is 10.9 Å². The van der Waals surface area contributed by atoms with Gasteiger partial charge in [-0.1, -0.05) is 18.2 Å². The predicted octanol–water partition coefficient (Wildman–Crippen LogP) is 3.49. The Kier molecular flexibility index (Phi) is 4.18. The second kappa shape index (κ2) is 6.99. The molecule has 4 heterocycles. The Balaban J connectivity index is 1.34. The number of amides is 1. The monoisotopic (exact) mass is 402 g/mol. The second-order valence-corrected chi connectivity index (χ2v) is 7.37. The highest BCUT2D eigenvalue weighted by Gasteiger charge is 2.15. The summed E-state index contributed by atoms with van der Waals surface area (Å²) in [6.07, 6.45) is 2.87. The average Bonchev–Trinajstić information content (AvgIpc) is 3.39. The average molecular weight is 402 g/mol. The van der Waals surface area contributed by atoms with Gasteiger partial charge >= 0.3 is 0 Å². The SMILES string of the molecule is O=C(NCc1ccc(-c2nc3ccccc3s2)o1)c1cnc2ccccn2c1=O. The van der Waals surface area contributed by atoms with Crippen molar-refractivity contribution in [2.24, 2.45) is 0 Å². The molecule has 0 unspecified atom stereocenters. The molecule has 1 amide bonds. The van der Waals surface area contributed by atoms with Crippen LogP contribution in [0.1, 0.15) is 16.1 Å². The summed E-state index contributed by atoms with van der Waals surface area (Å²) in [5.74, 6) is 0.711. The predicted molar refractivity (Wildman–Crippen MR) is 110 cm³/mol. The molecule has 0 saturated carbocycles. The lowest BCUT2D eigenvalue weighted by Crippen LogP contribution is -2.31. The van der Waals surface area contributed by atoms with E-state index in [2.05, 4.69) is 15.3 Å². The summed E-state index contributed by atoms with van der Waals surface area (Å²) in [6, 6.07) is 16.7. The highest BCUT2D eigenvalue weighted by Crippen LogP contribution is 2.31. The van der Waals surface area contributed by atoms with Gasteiger partial charge in [0.1, 0.15) is 17.0 Å². The number of para-hydroxylation sites is 1. The number of furan rings is 1.